The normalized spacial score (nSPS) is 24.4. The average molecular weight is 373 g/mol. The third-order valence-electron chi connectivity index (χ3n) is 6.07. The van der Waals surface area contributed by atoms with Gasteiger partial charge < -0.3 is 15.3 Å². The summed E-state index contributed by atoms with van der Waals surface area (Å²) in [7, 11) is 1.85. The van der Waals surface area contributed by atoms with Crippen molar-refractivity contribution in [1.29, 1.82) is 0 Å². The lowest BCUT2D eigenvalue weighted by molar-refractivity contribution is -0.138. The molecule has 1 aliphatic heterocycles. The summed E-state index contributed by atoms with van der Waals surface area (Å²) in [4.78, 5) is 27.6. The Morgan fingerprint density at radius 2 is 2.00 bits per heavy atom. The number of hydrogen-bond donors (Lipinski definition) is 2. The molecule has 2 amide bonds. The van der Waals surface area contributed by atoms with E-state index >= 15 is 0 Å². The minimum Gasteiger partial charge on any atom is -0.480 e. The second kappa shape index (κ2) is 7.89. The quantitative estimate of drug-likeness (QED) is 0.851. The highest BCUT2D eigenvalue weighted by Crippen LogP contribution is 2.44. The van der Waals surface area contributed by atoms with E-state index in [0.29, 0.717) is 6.54 Å². The van der Waals surface area contributed by atoms with Crippen LogP contribution in [0, 0.1) is 0 Å². The Labute approximate surface area is 161 Å². The number of benzene rings is 1. The number of rotatable bonds is 4. The van der Waals surface area contributed by atoms with Crippen molar-refractivity contribution in [3.63, 3.8) is 0 Å². The lowest BCUT2D eigenvalue weighted by Gasteiger charge is -2.26. The number of hydrogen-bond acceptors (Lipinski definition) is 3. The van der Waals surface area contributed by atoms with Gasteiger partial charge in [-0.15, -0.1) is 0 Å². The van der Waals surface area contributed by atoms with Crippen molar-refractivity contribution in [3.8, 4) is 0 Å². The van der Waals surface area contributed by atoms with Crippen LogP contribution in [0.4, 0.5) is 4.79 Å². The summed E-state index contributed by atoms with van der Waals surface area (Å²) in [5.74, 6) is -0.807. The summed E-state index contributed by atoms with van der Waals surface area (Å²) < 4.78 is 0. The number of carboxylic acid groups (broad SMARTS) is 1. The number of urea groups is 1. The molecule has 0 bridgehead atoms. The van der Waals surface area contributed by atoms with E-state index in [-0.39, 0.29) is 30.1 Å². The Morgan fingerprint density at radius 3 is 2.74 bits per heavy atom. The number of carbonyl (C=O) groups excluding carboxylic acids is 1. The van der Waals surface area contributed by atoms with Crippen LogP contribution in [0.3, 0.4) is 0 Å². The fourth-order valence-electron chi connectivity index (χ4n) is 4.58. The molecule has 27 heavy (non-hydrogen) atoms. The third-order valence-corrected chi connectivity index (χ3v) is 6.07. The number of likely N-dealkylation sites (N-methyl/N-ethyl adjacent to an activating group) is 1. The highest BCUT2D eigenvalue weighted by atomic mass is 16.4. The molecule has 0 spiro atoms. The fraction of sp³-hybridized carbons (Fsp3) is 0.619. The molecule has 2 N–H and O–H groups in total. The van der Waals surface area contributed by atoms with E-state index in [2.05, 4.69) is 37.4 Å². The maximum Gasteiger partial charge on any atom is 0.317 e. The standard InChI is InChI=1S/C21H31N3O3/c1-21(2)13-18(16-8-4-5-9-17(16)21)22-20(27)24-11-6-7-15(10-12-24)23(3)14-19(25)26/h4-5,8-9,15,18H,6-7,10-14H2,1-3H3,(H,22,27)(H,25,26). The Morgan fingerprint density at radius 1 is 1.26 bits per heavy atom. The van der Waals surface area contributed by atoms with E-state index in [1.165, 1.54) is 11.1 Å². The van der Waals surface area contributed by atoms with Crippen molar-refractivity contribution < 1.29 is 14.7 Å². The summed E-state index contributed by atoms with van der Waals surface area (Å²) in [6.45, 7) is 5.89. The highest BCUT2D eigenvalue weighted by Gasteiger charge is 2.37. The maximum absolute atomic E-state index is 12.9. The second-order valence-electron chi connectivity index (χ2n) is 8.56. The number of amides is 2. The molecule has 3 rings (SSSR count). The molecule has 0 saturated carbocycles. The van der Waals surface area contributed by atoms with Crippen LogP contribution in [0.15, 0.2) is 24.3 Å². The van der Waals surface area contributed by atoms with Gasteiger partial charge in [-0.2, -0.15) is 0 Å². The van der Waals surface area contributed by atoms with E-state index in [0.717, 1.165) is 32.2 Å². The first-order chi connectivity index (χ1) is 12.8. The van der Waals surface area contributed by atoms with E-state index in [9.17, 15) is 9.59 Å². The predicted molar refractivity (Wildman–Crippen MR) is 105 cm³/mol. The molecule has 148 valence electrons. The SMILES string of the molecule is CN(CC(=O)O)C1CCCN(C(=O)NC2CC(C)(C)c3ccccc32)CC1. The van der Waals surface area contributed by atoms with Crippen molar-refractivity contribution in [2.75, 3.05) is 26.7 Å². The van der Waals surface area contributed by atoms with Gasteiger partial charge in [-0.05, 0) is 49.3 Å². The Balaban J connectivity index is 1.60. The van der Waals surface area contributed by atoms with E-state index in [1.54, 1.807) is 0 Å². The molecule has 1 heterocycles. The third kappa shape index (κ3) is 4.43. The highest BCUT2D eigenvalue weighted by molar-refractivity contribution is 5.75. The molecule has 1 aliphatic carbocycles. The smallest absolute Gasteiger partial charge is 0.317 e. The Hall–Kier alpha value is -2.08. The number of carboxylic acids is 1. The maximum atomic E-state index is 12.9. The summed E-state index contributed by atoms with van der Waals surface area (Å²) in [6, 6.07) is 8.64. The van der Waals surface area contributed by atoms with Gasteiger partial charge in [0.05, 0.1) is 12.6 Å². The molecular weight excluding hydrogens is 342 g/mol. The first-order valence-corrected chi connectivity index (χ1v) is 9.85. The Bertz CT molecular complexity index is 704. The van der Waals surface area contributed by atoms with Crippen molar-refractivity contribution in [1.82, 2.24) is 15.1 Å². The molecule has 6 nitrogen and oxygen atoms in total. The van der Waals surface area contributed by atoms with Crippen LogP contribution in [0.25, 0.3) is 0 Å². The van der Waals surface area contributed by atoms with Crippen LogP contribution >= 0.6 is 0 Å². The van der Waals surface area contributed by atoms with Crippen LogP contribution < -0.4 is 5.32 Å². The van der Waals surface area contributed by atoms with E-state index < -0.39 is 5.97 Å². The molecule has 2 unspecified atom stereocenters. The first-order valence-electron chi connectivity index (χ1n) is 9.85. The number of nitrogens with one attached hydrogen (secondary N) is 1. The molecule has 2 atom stereocenters. The molecule has 0 aromatic heterocycles. The van der Waals surface area contributed by atoms with Crippen molar-refractivity contribution in [2.24, 2.45) is 0 Å². The zero-order valence-corrected chi connectivity index (χ0v) is 16.6. The van der Waals surface area contributed by atoms with Crippen molar-refractivity contribution in [3.05, 3.63) is 35.4 Å². The van der Waals surface area contributed by atoms with Crippen LogP contribution in [-0.4, -0.2) is 59.6 Å². The molecular formula is C21H31N3O3. The van der Waals surface area contributed by atoms with Gasteiger partial charge in [0.2, 0.25) is 0 Å². The predicted octanol–water partition coefficient (Wildman–Crippen LogP) is 2.99. The number of carbonyl (C=O) groups is 2. The second-order valence-corrected chi connectivity index (χ2v) is 8.56. The summed E-state index contributed by atoms with van der Waals surface area (Å²) >= 11 is 0. The number of fused-ring (bicyclic) bond motifs is 1. The van der Waals surface area contributed by atoms with Gasteiger partial charge in [-0.3, -0.25) is 9.69 Å². The Kier molecular flexibility index (Phi) is 5.75. The minimum atomic E-state index is -0.807. The molecule has 2 aliphatic rings. The van der Waals surface area contributed by atoms with Gasteiger partial charge in [-0.1, -0.05) is 38.1 Å². The van der Waals surface area contributed by atoms with Crippen molar-refractivity contribution in [2.45, 2.75) is 57.0 Å². The van der Waals surface area contributed by atoms with Gasteiger partial charge >= 0.3 is 12.0 Å². The minimum absolute atomic E-state index is 0.00552. The molecule has 0 radical (unpaired) electrons. The number of nitrogens with zero attached hydrogens (tertiary/aromatic N) is 2. The lowest BCUT2D eigenvalue weighted by Crippen LogP contribution is -2.42. The molecule has 1 fully saturated rings. The van der Waals surface area contributed by atoms with E-state index in [1.807, 2.05) is 22.9 Å². The van der Waals surface area contributed by atoms with Crippen LogP contribution in [0.2, 0.25) is 0 Å². The van der Waals surface area contributed by atoms with Gasteiger partial charge in [0.25, 0.3) is 0 Å². The molecule has 1 saturated heterocycles. The zero-order chi connectivity index (χ0) is 19.6. The van der Waals surface area contributed by atoms with Crippen LogP contribution in [-0.2, 0) is 10.2 Å². The van der Waals surface area contributed by atoms with Gasteiger partial charge in [0.15, 0.2) is 0 Å². The monoisotopic (exact) mass is 373 g/mol. The van der Waals surface area contributed by atoms with E-state index in [4.69, 9.17) is 5.11 Å². The topological polar surface area (TPSA) is 72.9 Å². The van der Waals surface area contributed by atoms with Crippen LogP contribution in [0.1, 0.15) is 56.7 Å². The average Bonchev–Trinajstić information content (AvgIpc) is 2.78. The van der Waals surface area contributed by atoms with Crippen molar-refractivity contribution >= 4 is 12.0 Å². The molecule has 1 aromatic carbocycles. The summed E-state index contributed by atoms with van der Waals surface area (Å²) in [5, 5.41) is 12.2. The molecule has 1 aromatic rings. The van der Waals surface area contributed by atoms with Gasteiger partial charge in [0.1, 0.15) is 0 Å². The first kappa shape index (κ1) is 19.7. The summed E-state index contributed by atoms with van der Waals surface area (Å²) in [5.41, 5.74) is 2.61. The molecule has 6 heteroatoms. The zero-order valence-electron chi connectivity index (χ0n) is 16.6. The van der Waals surface area contributed by atoms with Gasteiger partial charge in [-0.25, -0.2) is 4.79 Å². The summed E-state index contributed by atoms with van der Waals surface area (Å²) in [6.07, 6.45) is 3.54. The number of likely N-dealkylation sites (tertiary alicyclic amines) is 1. The lowest BCUT2D eigenvalue weighted by atomic mass is 9.86. The fourth-order valence-corrected chi connectivity index (χ4v) is 4.58. The van der Waals surface area contributed by atoms with Gasteiger partial charge in [0, 0.05) is 19.1 Å². The van der Waals surface area contributed by atoms with Crippen LogP contribution in [0.5, 0.6) is 0 Å². The largest absolute Gasteiger partial charge is 0.480 e. The number of aliphatic carboxylic acids is 1.